The number of nitrogens with zero attached hydrogens (tertiary/aromatic N) is 3. The predicted octanol–water partition coefficient (Wildman–Crippen LogP) is 3.41. The van der Waals surface area contributed by atoms with E-state index in [2.05, 4.69) is 46.5 Å². The molecule has 0 atom stereocenters. The van der Waals surface area contributed by atoms with Crippen molar-refractivity contribution in [2.45, 2.75) is 6.92 Å². The van der Waals surface area contributed by atoms with E-state index < -0.39 is 0 Å². The molecule has 2 aromatic heterocycles. The highest BCUT2D eigenvalue weighted by molar-refractivity contribution is 7.23. The first-order valence-corrected chi connectivity index (χ1v) is 6.28. The van der Waals surface area contributed by atoms with Crippen molar-refractivity contribution >= 4 is 37.3 Å². The molecule has 4 heteroatoms. The van der Waals surface area contributed by atoms with Gasteiger partial charge in [0.25, 0.3) is 0 Å². The Bertz CT molecular complexity index is 857. The summed E-state index contributed by atoms with van der Waals surface area (Å²) < 4.78 is 3.19. The normalized spacial score (nSPS) is 11.8. The molecule has 0 unspecified atom stereocenters. The molecule has 0 radical (unpaired) electrons. The number of hydrogen-bond donors (Lipinski definition) is 0. The van der Waals surface area contributed by atoms with Crippen LogP contribution in [-0.4, -0.2) is 14.6 Å². The third kappa shape index (κ3) is 1.16. The fraction of sp³-hybridized carbons (Fsp3) is 0.0769. The van der Waals surface area contributed by atoms with E-state index >= 15 is 0 Å². The van der Waals surface area contributed by atoms with Crippen molar-refractivity contribution in [1.29, 1.82) is 0 Å². The van der Waals surface area contributed by atoms with Crippen molar-refractivity contribution in [2.75, 3.05) is 0 Å². The van der Waals surface area contributed by atoms with Gasteiger partial charge in [0.05, 0.1) is 10.2 Å². The predicted molar refractivity (Wildman–Crippen MR) is 70.6 cm³/mol. The monoisotopic (exact) mass is 239 g/mol. The third-order valence-electron chi connectivity index (χ3n) is 2.96. The quantitative estimate of drug-likeness (QED) is 0.470. The molecule has 0 saturated carbocycles. The fourth-order valence-electron chi connectivity index (χ4n) is 2.24. The van der Waals surface area contributed by atoms with E-state index in [1.807, 2.05) is 11.4 Å². The first-order chi connectivity index (χ1) is 8.33. The van der Waals surface area contributed by atoms with Crippen LogP contribution in [0.3, 0.4) is 0 Å². The van der Waals surface area contributed by atoms with Gasteiger partial charge in [-0.15, -0.1) is 0 Å². The number of thiazole rings is 1. The second-order valence-electron chi connectivity index (χ2n) is 4.09. The smallest absolute Gasteiger partial charge is 0.202 e. The van der Waals surface area contributed by atoms with Crippen LogP contribution >= 0.6 is 11.3 Å². The topological polar surface area (TPSA) is 30.2 Å². The second-order valence-corrected chi connectivity index (χ2v) is 5.10. The number of aryl methyl sites for hydroxylation is 1. The van der Waals surface area contributed by atoms with Crippen LogP contribution in [0, 0.1) is 6.92 Å². The molecule has 2 aromatic carbocycles. The average Bonchev–Trinajstić information content (AvgIpc) is 2.84. The fourth-order valence-corrected chi connectivity index (χ4v) is 3.26. The van der Waals surface area contributed by atoms with Gasteiger partial charge < -0.3 is 0 Å². The third-order valence-corrected chi connectivity index (χ3v) is 3.96. The molecule has 2 heterocycles. The van der Waals surface area contributed by atoms with E-state index in [9.17, 15) is 0 Å². The molecule has 0 fully saturated rings. The SMILES string of the molecule is Cc1nc2sc3ccc4ccccc4c3n2n1. The van der Waals surface area contributed by atoms with Crippen molar-refractivity contribution in [1.82, 2.24) is 14.6 Å². The van der Waals surface area contributed by atoms with Gasteiger partial charge in [0.1, 0.15) is 5.82 Å². The minimum Gasteiger partial charge on any atom is -0.202 e. The van der Waals surface area contributed by atoms with Crippen molar-refractivity contribution < 1.29 is 0 Å². The number of hydrogen-bond acceptors (Lipinski definition) is 3. The Morgan fingerprint density at radius 1 is 1.12 bits per heavy atom. The minimum atomic E-state index is 0.825. The van der Waals surface area contributed by atoms with E-state index in [4.69, 9.17) is 0 Å². The number of rotatable bonds is 0. The van der Waals surface area contributed by atoms with Gasteiger partial charge in [-0.2, -0.15) is 5.10 Å². The minimum absolute atomic E-state index is 0.825. The summed E-state index contributed by atoms with van der Waals surface area (Å²) in [6.45, 7) is 1.93. The van der Waals surface area contributed by atoms with Gasteiger partial charge in [0.2, 0.25) is 4.96 Å². The Kier molecular flexibility index (Phi) is 1.64. The van der Waals surface area contributed by atoms with Gasteiger partial charge >= 0.3 is 0 Å². The zero-order chi connectivity index (χ0) is 11.4. The Hall–Kier alpha value is -1.94. The lowest BCUT2D eigenvalue weighted by Gasteiger charge is -1.98. The summed E-state index contributed by atoms with van der Waals surface area (Å²) in [5.74, 6) is 0.825. The summed E-state index contributed by atoms with van der Waals surface area (Å²) in [5.41, 5.74) is 1.17. The Labute approximate surface area is 101 Å². The molecular weight excluding hydrogens is 230 g/mol. The van der Waals surface area contributed by atoms with Gasteiger partial charge in [0.15, 0.2) is 0 Å². The molecule has 0 amide bonds. The lowest BCUT2D eigenvalue weighted by Crippen LogP contribution is -1.85. The van der Waals surface area contributed by atoms with E-state index in [1.54, 1.807) is 11.3 Å². The average molecular weight is 239 g/mol. The highest BCUT2D eigenvalue weighted by Crippen LogP contribution is 2.31. The maximum atomic E-state index is 4.47. The molecule has 4 rings (SSSR count). The standard InChI is InChI=1S/C13H9N3S/c1-8-14-13-16(15-8)12-10-5-3-2-4-9(10)6-7-11(12)17-13/h2-7H,1H3. The van der Waals surface area contributed by atoms with Crippen molar-refractivity contribution in [2.24, 2.45) is 0 Å². The van der Waals surface area contributed by atoms with Crippen LogP contribution in [0.5, 0.6) is 0 Å². The van der Waals surface area contributed by atoms with Crippen molar-refractivity contribution in [3.8, 4) is 0 Å². The second kappa shape index (κ2) is 3.05. The summed E-state index contributed by atoms with van der Waals surface area (Å²) in [6, 6.07) is 12.7. The Balaban J connectivity index is 2.36. The van der Waals surface area contributed by atoms with Gasteiger partial charge in [-0.3, -0.25) is 0 Å². The molecule has 0 aliphatic heterocycles. The molecule has 17 heavy (non-hydrogen) atoms. The van der Waals surface area contributed by atoms with Gasteiger partial charge in [-0.1, -0.05) is 41.7 Å². The van der Waals surface area contributed by atoms with Crippen molar-refractivity contribution in [3.63, 3.8) is 0 Å². The zero-order valence-corrected chi connectivity index (χ0v) is 10.0. The largest absolute Gasteiger partial charge is 0.213 e. The van der Waals surface area contributed by atoms with E-state index in [0.717, 1.165) is 10.8 Å². The van der Waals surface area contributed by atoms with Crippen LogP contribution in [0.25, 0.3) is 25.9 Å². The number of fused-ring (bicyclic) bond motifs is 5. The Morgan fingerprint density at radius 2 is 2.00 bits per heavy atom. The molecule has 0 N–H and O–H groups in total. The molecule has 0 aliphatic carbocycles. The van der Waals surface area contributed by atoms with Gasteiger partial charge in [0, 0.05) is 5.39 Å². The number of benzene rings is 2. The van der Waals surface area contributed by atoms with Gasteiger partial charge in [-0.05, 0) is 18.4 Å². The maximum Gasteiger partial charge on any atom is 0.213 e. The van der Waals surface area contributed by atoms with Crippen LogP contribution in [-0.2, 0) is 0 Å². The summed E-state index contributed by atoms with van der Waals surface area (Å²) in [4.78, 5) is 5.39. The molecule has 3 nitrogen and oxygen atoms in total. The molecule has 0 aliphatic rings. The molecule has 0 spiro atoms. The van der Waals surface area contributed by atoms with Gasteiger partial charge in [-0.25, -0.2) is 9.50 Å². The zero-order valence-electron chi connectivity index (χ0n) is 9.21. The maximum absolute atomic E-state index is 4.47. The molecular formula is C13H9N3S. The van der Waals surface area contributed by atoms with Crippen LogP contribution in [0.2, 0.25) is 0 Å². The van der Waals surface area contributed by atoms with Crippen LogP contribution in [0.15, 0.2) is 36.4 Å². The van der Waals surface area contributed by atoms with Crippen LogP contribution in [0.1, 0.15) is 5.82 Å². The first kappa shape index (κ1) is 9.13. The lowest BCUT2D eigenvalue weighted by molar-refractivity contribution is 0.974. The first-order valence-electron chi connectivity index (χ1n) is 5.46. The molecule has 82 valence electrons. The summed E-state index contributed by atoms with van der Waals surface area (Å²) in [7, 11) is 0. The number of aromatic nitrogens is 3. The molecule has 4 aromatic rings. The molecule has 0 saturated heterocycles. The summed E-state index contributed by atoms with van der Waals surface area (Å²) in [6.07, 6.45) is 0. The van der Waals surface area contributed by atoms with Crippen molar-refractivity contribution in [3.05, 3.63) is 42.2 Å². The lowest BCUT2D eigenvalue weighted by atomic mass is 10.1. The highest BCUT2D eigenvalue weighted by atomic mass is 32.1. The summed E-state index contributed by atoms with van der Waals surface area (Å²) in [5, 5.41) is 6.95. The van der Waals surface area contributed by atoms with Crippen LogP contribution < -0.4 is 0 Å². The Morgan fingerprint density at radius 3 is 2.94 bits per heavy atom. The van der Waals surface area contributed by atoms with E-state index in [-0.39, 0.29) is 0 Å². The highest BCUT2D eigenvalue weighted by Gasteiger charge is 2.10. The summed E-state index contributed by atoms with van der Waals surface area (Å²) >= 11 is 1.69. The molecule has 0 bridgehead atoms. The van der Waals surface area contributed by atoms with E-state index in [1.165, 1.54) is 21.0 Å². The van der Waals surface area contributed by atoms with E-state index in [0.29, 0.717) is 0 Å². The van der Waals surface area contributed by atoms with Crippen LogP contribution in [0.4, 0.5) is 0 Å².